The summed E-state index contributed by atoms with van der Waals surface area (Å²) in [5.74, 6) is -2.39. The van der Waals surface area contributed by atoms with Gasteiger partial charge in [-0.3, -0.25) is 14.5 Å². The lowest BCUT2D eigenvalue weighted by atomic mass is 9.72. The molecular weight excluding hydrogens is 498 g/mol. The highest BCUT2D eigenvalue weighted by molar-refractivity contribution is 5.82. The normalized spacial score (nSPS) is 24.7. The van der Waals surface area contributed by atoms with Crippen LogP contribution in [0.1, 0.15) is 79.7 Å². The Hall–Kier alpha value is -2.80. The van der Waals surface area contributed by atoms with E-state index in [0.717, 1.165) is 30.0 Å². The summed E-state index contributed by atoms with van der Waals surface area (Å²) in [5.41, 5.74) is 4.71. The predicted molar refractivity (Wildman–Crippen MR) is 147 cm³/mol. The quantitative estimate of drug-likeness (QED) is 0.477. The molecule has 1 aliphatic carbocycles. The van der Waals surface area contributed by atoms with Crippen LogP contribution >= 0.6 is 0 Å². The van der Waals surface area contributed by atoms with Crippen LogP contribution < -0.4 is 0 Å². The Kier molecular flexibility index (Phi) is 7.11. The number of piperidine rings is 1. The van der Waals surface area contributed by atoms with Gasteiger partial charge in [0.25, 0.3) is 0 Å². The van der Waals surface area contributed by atoms with Gasteiger partial charge in [-0.05, 0) is 87.8 Å². The van der Waals surface area contributed by atoms with E-state index in [1.807, 2.05) is 4.90 Å². The zero-order chi connectivity index (χ0) is 28.3. The number of hydrogen-bond donors (Lipinski definition) is 0. The van der Waals surface area contributed by atoms with Gasteiger partial charge in [0.2, 0.25) is 5.91 Å². The van der Waals surface area contributed by atoms with Gasteiger partial charge in [0, 0.05) is 49.1 Å². The summed E-state index contributed by atoms with van der Waals surface area (Å²) in [6, 6.07) is 8.07. The molecule has 7 heteroatoms. The Labute approximate surface area is 230 Å². The molecule has 0 saturated carbocycles. The fraction of sp³-hybridized carbons (Fsp3) is 0.562. The van der Waals surface area contributed by atoms with E-state index < -0.39 is 17.6 Å². The van der Waals surface area contributed by atoms with Crippen molar-refractivity contribution in [2.45, 2.75) is 76.7 Å². The number of likely N-dealkylation sites (tertiary alicyclic amines) is 2. The van der Waals surface area contributed by atoms with E-state index in [-0.39, 0.29) is 34.7 Å². The third-order valence-electron chi connectivity index (χ3n) is 9.67. The monoisotopic (exact) mass is 538 g/mol. The number of amides is 1. The van der Waals surface area contributed by atoms with E-state index in [9.17, 15) is 18.4 Å². The van der Waals surface area contributed by atoms with Crippen LogP contribution in [-0.4, -0.2) is 60.5 Å². The zero-order valence-corrected chi connectivity index (χ0v) is 23.9. The highest BCUT2D eigenvalue weighted by Crippen LogP contribution is 2.53. The Morgan fingerprint density at radius 1 is 0.974 bits per heavy atom. The molecule has 1 unspecified atom stereocenters. The number of nitrogens with zero attached hydrogens (tertiary/aromatic N) is 2. The van der Waals surface area contributed by atoms with Gasteiger partial charge in [-0.1, -0.05) is 18.2 Å². The number of hydrogen-bond acceptors (Lipinski definition) is 4. The number of benzene rings is 2. The van der Waals surface area contributed by atoms with Crippen LogP contribution in [0.5, 0.6) is 0 Å². The topological polar surface area (TPSA) is 49.9 Å². The minimum absolute atomic E-state index is 0.0353. The second kappa shape index (κ2) is 9.99. The number of fused-ring (bicyclic) bond motifs is 2. The lowest BCUT2D eigenvalue weighted by molar-refractivity contribution is -0.143. The molecule has 3 aliphatic rings. The number of esters is 1. The van der Waals surface area contributed by atoms with Crippen molar-refractivity contribution in [2.24, 2.45) is 5.92 Å². The fourth-order valence-corrected chi connectivity index (χ4v) is 7.13. The standard InChI is InChI=1S/C32H40F2N2O3/c1-19-13-23-24(30(38)39-6)16-32(27(23)14-20(19)2)9-11-35(12-10-32)29(37)26-18-36(31(3,4)5)17-25(26)22-8-7-21(33)15-28(22)34/h7-8,13-15,24-26H,9-12,16-18H2,1-6H3/t24?,25-,26+/m0/s1. The van der Waals surface area contributed by atoms with Crippen molar-refractivity contribution < 1.29 is 23.1 Å². The summed E-state index contributed by atoms with van der Waals surface area (Å²) < 4.78 is 33.8. The number of aryl methyl sites for hydroxylation is 2. The summed E-state index contributed by atoms with van der Waals surface area (Å²) >= 11 is 0. The molecule has 5 nitrogen and oxygen atoms in total. The lowest BCUT2D eigenvalue weighted by Gasteiger charge is -2.41. The summed E-state index contributed by atoms with van der Waals surface area (Å²) in [7, 11) is 1.44. The van der Waals surface area contributed by atoms with Gasteiger partial charge in [-0.2, -0.15) is 0 Å². The van der Waals surface area contributed by atoms with E-state index in [1.165, 1.54) is 30.4 Å². The Morgan fingerprint density at radius 2 is 1.64 bits per heavy atom. The average Bonchev–Trinajstić information content (AvgIpc) is 3.45. The molecule has 2 aromatic rings. The van der Waals surface area contributed by atoms with Crippen molar-refractivity contribution in [2.75, 3.05) is 33.3 Å². The van der Waals surface area contributed by atoms with E-state index in [1.54, 1.807) is 0 Å². The van der Waals surface area contributed by atoms with Crippen molar-refractivity contribution in [3.8, 4) is 0 Å². The maximum absolute atomic E-state index is 14.9. The number of rotatable bonds is 3. The van der Waals surface area contributed by atoms with Crippen molar-refractivity contribution in [1.29, 1.82) is 0 Å². The molecule has 39 heavy (non-hydrogen) atoms. The number of carbonyl (C=O) groups is 2. The zero-order valence-electron chi connectivity index (χ0n) is 23.9. The average molecular weight is 539 g/mol. The number of halogens is 2. The molecule has 210 valence electrons. The van der Waals surface area contributed by atoms with Gasteiger partial charge < -0.3 is 9.64 Å². The molecule has 2 heterocycles. The number of methoxy groups -OCH3 is 1. The molecule has 2 aliphatic heterocycles. The molecule has 3 atom stereocenters. The minimum atomic E-state index is -0.612. The van der Waals surface area contributed by atoms with Crippen LogP contribution in [0.15, 0.2) is 30.3 Å². The van der Waals surface area contributed by atoms with Crippen molar-refractivity contribution in [3.63, 3.8) is 0 Å². The van der Waals surface area contributed by atoms with E-state index >= 15 is 0 Å². The molecule has 1 amide bonds. The molecular formula is C32H40F2N2O3. The Morgan fingerprint density at radius 3 is 2.26 bits per heavy atom. The largest absolute Gasteiger partial charge is 0.469 e. The molecule has 2 saturated heterocycles. The van der Waals surface area contributed by atoms with Crippen molar-refractivity contribution in [3.05, 3.63) is 69.8 Å². The summed E-state index contributed by atoms with van der Waals surface area (Å²) in [4.78, 5) is 30.9. The highest BCUT2D eigenvalue weighted by atomic mass is 19.1. The van der Waals surface area contributed by atoms with Gasteiger partial charge in [-0.25, -0.2) is 8.78 Å². The minimum Gasteiger partial charge on any atom is -0.469 e. The first kappa shape index (κ1) is 27.8. The van der Waals surface area contributed by atoms with E-state index in [2.05, 4.69) is 51.7 Å². The molecule has 0 bridgehead atoms. The van der Waals surface area contributed by atoms with Crippen LogP contribution in [0.4, 0.5) is 8.78 Å². The molecule has 2 aromatic carbocycles. The summed E-state index contributed by atoms with van der Waals surface area (Å²) in [5, 5.41) is 0. The highest BCUT2D eigenvalue weighted by Gasteiger charge is 2.50. The second-order valence-electron chi connectivity index (χ2n) is 12.9. The third kappa shape index (κ3) is 4.88. The van der Waals surface area contributed by atoms with Crippen LogP contribution in [-0.2, 0) is 19.7 Å². The summed E-state index contributed by atoms with van der Waals surface area (Å²) in [6.07, 6.45) is 2.24. The second-order valence-corrected chi connectivity index (χ2v) is 12.9. The van der Waals surface area contributed by atoms with Gasteiger partial charge in [0.05, 0.1) is 18.9 Å². The molecule has 0 radical (unpaired) electrons. The van der Waals surface area contributed by atoms with Gasteiger partial charge in [-0.15, -0.1) is 0 Å². The van der Waals surface area contributed by atoms with E-state index in [4.69, 9.17) is 4.74 Å². The molecule has 1 spiro atoms. The summed E-state index contributed by atoms with van der Waals surface area (Å²) in [6.45, 7) is 12.7. The first-order chi connectivity index (χ1) is 18.3. The van der Waals surface area contributed by atoms with Gasteiger partial charge >= 0.3 is 5.97 Å². The van der Waals surface area contributed by atoms with E-state index in [0.29, 0.717) is 38.2 Å². The molecule has 0 N–H and O–H groups in total. The van der Waals surface area contributed by atoms with Gasteiger partial charge in [0.15, 0.2) is 0 Å². The number of carbonyl (C=O) groups excluding carboxylic acids is 2. The van der Waals surface area contributed by atoms with Gasteiger partial charge in [0.1, 0.15) is 11.6 Å². The Balaban J connectivity index is 1.39. The van der Waals surface area contributed by atoms with Crippen LogP contribution in [0, 0.1) is 31.4 Å². The Bertz CT molecular complexity index is 1290. The first-order valence-electron chi connectivity index (χ1n) is 14.0. The van der Waals surface area contributed by atoms with Crippen LogP contribution in [0.2, 0.25) is 0 Å². The maximum atomic E-state index is 14.9. The molecule has 2 fully saturated rings. The first-order valence-corrected chi connectivity index (χ1v) is 14.0. The SMILES string of the molecule is COC(=O)C1CC2(CCN(C(=O)[C@@H]3CN(C(C)(C)C)C[C@H]3c3ccc(F)cc3F)CC2)c2cc(C)c(C)cc21. The number of ether oxygens (including phenoxy) is 1. The fourth-order valence-electron chi connectivity index (χ4n) is 7.13. The lowest BCUT2D eigenvalue weighted by Crippen LogP contribution is -2.48. The molecule has 5 rings (SSSR count). The third-order valence-corrected chi connectivity index (χ3v) is 9.67. The van der Waals surface area contributed by atoms with Crippen LogP contribution in [0.25, 0.3) is 0 Å². The van der Waals surface area contributed by atoms with Crippen molar-refractivity contribution in [1.82, 2.24) is 9.80 Å². The predicted octanol–water partition coefficient (Wildman–Crippen LogP) is 5.62. The molecule has 0 aromatic heterocycles. The maximum Gasteiger partial charge on any atom is 0.313 e. The smallest absolute Gasteiger partial charge is 0.313 e. The van der Waals surface area contributed by atoms with Crippen LogP contribution in [0.3, 0.4) is 0 Å². The van der Waals surface area contributed by atoms with Crippen molar-refractivity contribution >= 4 is 11.9 Å².